The molecule has 1 aromatic carbocycles. The van der Waals surface area contributed by atoms with Crippen molar-refractivity contribution in [3.8, 4) is 0 Å². The molecule has 8 nitrogen and oxygen atoms in total. The van der Waals surface area contributed by atoms with Crippen molar-refractivity contribution in [3.05, 3.63) is 53.0 Å². The van der Waals surface area contributed by atoms with E-state index in [4.69, 9.17) is 5.14 Å². The number of carbonyl (C=O) groups excluding carboxylic acids is 2. The van der Waals surface area contributed by atoms with E-state index in [1.807, 2.05) is 29.1 Å². The molecule has 0 aliphatic carbocycles. The van der Waals surface area contributed by atoms with Crippen LogP contribution in [0.5, 0.6) is 0 Å². The molecule has 2 amide bonds. The first-order chi connectivity index (χ1) is 15.2. The summed E-state index contributed by atoms with van der Waals surface area (Å²) in [5, 5.41) is 10.1. The number of sulfonamides is 1. The van der Waals surface area contributed by atoms with Crippen molar-refractivity contribution in [2.75, 3.05) is 19.6 Å². The van der Waals surface area contributed by atoms with Gasteiger partial charge >= 0.3 is 0 Å². The number of aromatic nitrogens is 1. The molecule has 0 unspecified atom stereocenters. The van der Waals surface area contributed by atoms with Crippen LogP contribution >= 0.6 is 11.3 Å². The second kappa shape index (κ2) is 9.05. The lowest BCUT2D eigenvalue weighted by atomic mass is 9.96. The van der Waals surface area contributed by atoms with E-state index in [0.717, 1.165) is 28.6 Å². The van der Waals surface area contributed by atoms with Gasteiger partial charge in [0.1, 0.15) is 5.69 Å². The molecule has 0 bridgehead atoms. The summed E-state index contributed by atoms with van der Waals surface area (Å²) in [5.74, 6) is -0.335. The predicted molar refractivity (Wildman–Crippen MR) is 124 cm³/mol. The van der Waals surface area contributed by atoms with Gasteiger partial charge in [0, 0.05) is 26.7 Å². The van der Waals surface area contributed by atoms with Crippen LogP contribution in [0.25, 0.3) is 10.2 Å². The van der Waals surface area contributed by atoms with Crippen LogP contribution < -0.4 is 10.5 Å². The highest BCUT2D eigenvalue weighted by Crippen LogP contribution is 2.26. The zero-order valence-electron chi connectivity index (χ0n) is 17.8. The number of nitrogens with zero attached hydrogens (tertiary/aromatic N) is 2. The normalized spacial score (nSPS) is 16.9. The van der Waals surface area contributed by atoms with Gasteiger partial charge in [-0.3, -0.25) is 9.59 Å². The zero-order chi connectivity index (χ0) is 22.9. The van der Waals surface area contributed by atoms with Crippen LogP contribution in [0.4, 0.5) is 0 Å². The largest absolute Gasteiger partial charge is 0.355 e. The number of rotatable bonds is 6. The third kappa shape index (κ3) is 4.72. The van der Waals surface area contributed by atoms with E-state index in [-0.39, 0.29) is 22.6 Å². The molecule has 0 radical (unpaired) electrons. The van der Waals surface area contributed by atoms with Gasteiger partial charge in [-0.1, -0.05) is 12.1 Å². The molecule has 0 spiro atoms. The Morgan fingerprint density at radius 3 is 2.66 bits per heavy atom. The SMILES string of the molecule is Cn1c(C(=O)N2CCC[C@H](C(=O)NCCc3ccc(S(N)(=O)=O)cc3)C2)cc2sccc21. The lowest BCUT2D eigenvalue weighted by Crippen LogP contribution is -2.46. The number of fused-ring (bicyclic) bond motifs is 1. The topological polar surface area (TPSA) is 114 Å². The zero-order valence-corrected chi connectivity index (χ0v) is 19.4. The van der Waals surface area contributed by atoms with Crippen molar-refractivity contribution in [1.29, 1.82) is 0 Å². The highest BCUT2D eigenvalue weighted by atomic mass is 32.2. The lowest BCUT2D eigenvalue weighted by molar-refractivity contribution is -0.126. The number of hydrogen-bond acceptors (Lipinski definition) is 5. The number of amides is 2. The van der Waals surface area contributed by atoms with Crippen LogP contribution in [0, 0.1) is 5.92 Å². The van der Waals surface area contributed by atoms with E-state index >= 15 is 0 Å². The summed E-state index contributed by atoms with van der Waals surface area (Å²) in [7, 11) is -1.82. The summed E-state index contributed by atoms with van der Waals surface area (Å²) in [6.45, 7) is 1.50. The standard InChI is InChI=1S/C22H26N4O4S2/c1-25-18-9-12-31-20(18)13-19(25)22(28)26-11-2-3-16(14-26)21(27)24-10-8-15-4-6-17(7-5-15)32(23,29)30/h4-7,9,12-13,16H,2-3,8,10-11,14H2,1H3,(H,24,27)(H2,23,29,30)/t16-/m0/s1. The highest BCUT2D eigenvalue weighted by Gasteiger charge is 2.30. The minimum atomic E-state index is -3.71. The van der Waals surface area contributed by atoms with Gasteiger partial charge in [-0.2, -0.15) is 0 Å². The van der Waals surface area contributed by atoms with E-state index in [1.54, 1.807) is 28.4 Å². The fourth-order valence-corrected chi connectivity index (χ4v) is 5.48. The van der Waals surface area contributed by atoms with E-state index in [2.05, 4.69) is 5.32 Å². The molecule has 10 heteroatoms. The Balaban J connectivity index is 1.32. The van der Waals surface area contributed by atoms with Gasteiger partial charge in [0.05, 0.1) is 21.0 Å². The van der Waals surface area contributed by atoms with E-state index in [1.165, 1.54) is 12.1 Å². The van der Waals surface area contributed by atoms with Gasteiger partial charge in [0.2, 0.25) is 15.9 Å². The number of benzene rings is 1. The van der Waals surface area contributed by atoms with Crippen LogP contribution in [0.15, 0.2) is 46.7 Å². The number of nitrogens with one attached hydrogen (secondary N) is 1. The third-order valence-electron chi connectivity index (χ3n) is 5.93. The van der Waals surface area contributed by atoms with Crippen molar-refractivity contribution < 1.29 is 18.0 Å². The van der Waals surface area contributed by atoms with Crippen LogP contribution in [0.3, 0.4) is 0 Å². The van der Waals surface area contributed by atoms with Crippen molar-refractivity contribution in [1.82, 2.24) is 14.8 Å². The monoisotopic (exact) mass is 474 g/mol. The molecule has 1 saturated heterocycles. The first-order valence-electron chi connectivity index (χ1n) is 10.5. The third-order valence-corrected chi connectivity index (χ3v) is 7.71. The molecular weight excluding hydrogens is 448 g/mol. The number of aryl methyl sites for hydroxylation is 1. The summed E-state index contributed by atoms with van der Waals surface area (Å²) < 4.78 is 25.7. The summed E-state index contributed by atoms with van der Waals surface area (Å²) in [6, 6.07) is 10.2. The molecule has 0 saturated carbocycles. The summed E-state index contributed by atoms with van der Waals surface area (Å²) in [6.07, 6.45) is 2.12. The van der Waals surface area contributed by atoms with Crippen LogP contribution in [-0.2, 0) is 28.3 Å². The molecule has 1 aliphatic heterocycles. The summed E-state index contributed by atoms with van der Waals surface area (Å²) >= 11 is 1.61. The molecule has 1 atom stereocenters. The van der Waals surface area contributed by atoms with Crippen LogP contribution in [-0.4, -0.2) is 49.3 Å². The molecule has 3 heterocycles. The second-order valence-electron chi connectivity index (χ2n) is 8.08. The minimum Gasteiger partial charge on any atom is -0.355 e. The number of hydrogen-bond donors (Lipinski definition) is 2. The molecule has 3 aromatic rings. The molecule has 4 rings (SSSR count). The van der Waals surface area contributed by atoms with Gasteiger partial charge in [0.25, 0.3) is 5.91 Å². The number of nitrogens with two attached hydrogens (primary N) is 1. The average molecular weight is 475 g/mol. The van der Waals surface area contributed by atoms with Gasteiger partial charge in [-0.15, -0.1) is 11.3 Å². The molecule has 1 aliphatic rings. The molecule has 3 N–H and O–H groups in total. The lowest BCUT2D eigenvalue weighted by Gasteiger charge is -2.32. The predicted octanol–water partition coefficient (Wildman–Crippen LogP) is 2.10. The number of likely N-dealkylation sites (tertiary alicyclic amines) is 1. The fourth-order valence-electron chi connectivity index (χ4n) is 4.11. The fraction of sp³-hybridized carbons (Fsp3) is 0.364. The average Bonchev–Trinajstić information content (AvgIpc) is 3.36. The molecule has 1 fully saturated rings. The Bertz CT molecular complexity index is 1240. The summed E-state index contributed by atoms with van der Waals surface area (Å²) in [4.78, 5) is 27.6. The Morgan fingerprint density at radius 1 is 1.22 bits per heavy atom. The number of primary sulfonamides is 1. The van der Waals surface area contributed by atoms with Crippen molar-refractivity contribution in [2.45, 2.75) is 24.2 Å². The highest BCUT2D eigenvalue weighted by molar-refractivity contribution is 7.89. The Morgan fingerprint density at radius 2 is 1.97 bits per heavy atom. The Hall–Kier alpha value is -2.69. The van der Waals surface area contributed by atoms with Crippen molar-refractivity contribution in [3.63, 3.8) is 0 Å². The molecule has 2 aromatic heterocycles. The van der Waals surface area contributed by atoms with Crippen LogP contribution in [0.2, 0.25) is 0 Å². The van der Waals surface area contributed by atoms with Gasteiger partial charge in [0.15, 0.2) is 0 Å². The number of carbonyl (C=O) groups is 2. The quantitative estimate of drug-likeness (QED) is 0.569. The van der Waals surface area contributed by atoms with E-state index in [9.17, 15) is 18.0 Å². The van der Waals surface area contributed by atoms with Crippen molar-refractivity contribution >= 4 is 43.4 Å². The second-order valence-corrected chi connectivity index (χ2v) is 10.6. The van der Waals surface area contributed by atoms with Crippen molar-refractivity contribution in [2.24, 2.45) is 18.1 Å². The van der Waals surface area contributed by atoms with Crippen LogP contribution in [0.1, 0.15) is 28.9 Å². The number of piperidine rings is 1. The van der Waals surface area contributed by atoms with Gasteiger partial charge in [-0.05, 0) is 54.5 Å². The Kier molecular flexibility index (Phi) is 6.36. The molecule has 32 heavy (non-hydrogen) atoms. The first-order valence-corrected chi connectivity index (χ1v) is 12.9. The number of thiophene rings is 1. The maximum Gasteiger partial charge on any atom is 0.270 e. The van der Waals surface area contributed by atoms with E-state index in [0.29, 0.717) is 31.7 Å². The molecular formula is C22H26N4O4S2. The first kappa shape index (κ1) is 22.5. The van der Waals surface area contributed by atoms with Gasteiger partial charge < -0.3 is 14.8 Å². The maximum atomic E-state index is 13.1. The van der Waals surface area contributed by atoms with E-state index < -0.39 is 10.0 Å². The summed E-state index contributed by atoms with van der Waals surface area (Å²) in [5.41, 5.74) is 2.60. The maximum absolute atomic E-state index is 13.1. The Labute approximate surface area is 191 Å². The molecule has 170 valence electrons. The van der Waals surface area contributed by atoms with Gasteiger partial charge in [-0.25, -0.2) is 13.6 Å². The minimum absolute atomic E-state index is 0.0386. The smallest absolute Gasteiger partial charge is 0.270 e.